The largest absolute Gasteiger partial charge is 0.457 e. The van der Waals surface area contributed by atoms with Crippen molar-refractivity contribution in [2.24, 2.45) is 0 Å². The standard InChI is InChI=1S/C46H35N3OSi/c1-46(2)36-23-9-14-29-42(36)50-44-37(46)24-16-30-43(44)51(33-18-5-3-6-19-33,34-20-7-4-8-21-34)35-22-15-17-32(31-35)48-40-27-12-13-28-41(40)49-39-26-11-10-25-38(39)47-45(48)49/h3-31H,1-2H3/i1D3,2D3. The van der Waals surface area contributed by atoms with Crippen molar-refractivity contribution in [2.75, 3.05) is 0 Å². The summed E-state index contributed by atoms with van der Waals surface area (Å²) in [7, 11) is -3.52. The molecule has 244 valence electrons. The fourth-order valence-corrected chi connectivity index (χ4v) is 13.1. The maximum absolute atomic E-state index is 9.01. The molecular weight excluding hydrogens is 639 g/mol. The Kier molecular flexibility index (Phi) is 5.27. The van der Waals surface area contributed by atoms with Crippen molar-refractivity contribution in [3.8, 4) is 17.2 Å². The summed E-state index contributed by atoms with van der Waals surface area (Å²) in [6.45, 7) is -5.94. The van der Waals surface area contributed by atoms with Crippen LogP contribution in [0.1, 0.15) is 33.1 Å². The molecule has 0 radical (unpaired) electrons. The first-order chi connectivity index (χ1) is 27.6. The van der Waals surface area contributed by atoms with Gasteiger partial charge in [-0.3, -0.25) is 8.97 Å². The van der Waals surface area contributed by atoms with E-state index >= 15 is 0 Å². The van der Waals surface area contributed by atoms with Crippen LogP contribution in [0.2, 0.25) is 0 Å². The molecule has 0 amide bonds. The van der Waals surface area contributed by atoms with Crippen molar-refractivity contribution >= 4 is 56.7 Å². The van der Waals surface area contributed by atoms with Crippen LogP contribution in [0.4, 0.5) is 0 Å². The van der Waals surface area contributed by atoms with Gasteiger partial charge < -0.3 is 4.74 Å². The molecule has 1 aliphatic rings. The highest BCUT2D eigenvalue weighted by Crippen LogP contribution is 2.47. The summed E-state index contributed by atoms with van der Waals surface area (Å²) in [6.07, 6.45) is 0. The average molecular weight is 680 g/mol. The molecule has 1 aliphatic heterocycles. The Labute approximate surface area is 306 Å². The molecule has 0 fully saturated rings. The van der Waals surface area contributed by atoms with Crippen LogP contribution in [0.5, 0.6) is 11.5 Å². The van der Waals surface area contributed by atoms with Gasteiger partial charge in [0.1, 0.15) is 11.5 Å². The molecular formula is C46H35N3OSi. The molecule has 0 saturated carbocycles. The van der Waals surface area contributed by atoms with Crippen LogP contribution in [-0.2, 0) is 5.41 Å². The molecule has 0 atom stereocenters. The first-order valence-electron chi connectivity index (χ1n) is 20.1. The number of hydrogen-bond acceptors (Lipinski definition) is 2. The second kappa shape index (κ2) is 11.2. The van der Waals surface area contributed by atoms with Gasteiger partial charge in [-0.2, -0.15) is 0 Å². The second-order valence-electron chi connectivity index (χ2n) is 13.1. The third-order valence-corrected chi connectivity index (χ3v) is 15.2. The lowest BCUT2D eigenvalue weighted by Gasteiger charge is -2.40. The van der Waals surface area contributed by atoms with Crippen LogP contribution in [0.25, 0.3) is 33.5 Å². The first-order valence-corrected chi connectivity index (χ1v) is 19.1. The summed E-state index contributed by atoms with van der Waals surface area (Å²) in [4.78, 5) is 5.15. The van der Waals surface area contributed by atoms with E-state index in [1.54, 1.807) is 36.4 Å². The first kappa shape index (κ1) is 24.1. The highest BCUT2D eigenvalue weighted by molar-refractivity contribution is 7.20. The maximum Gasteiger partial charge on any atom is 0.220 e. The fraction of sp³-hybridized carbons (Fsp3) is 0.0652. The number of ether oxygens (including phenoxy) is 1. The number of hydrogen-bond donors (Lipinski definition) is 0. The van der Waals surface area contributed by atoms with Crippen LogP contribution >= 0.6 is 0 Å². The zero-order chi connectivity index (χ0) is 39.2. The number of benzene rings is 7. The van der Waals surface area contributed by atoms with Gasteiger partial charge in [0.05, 0.1) is 22.1 Å². The number of para-hydroxylation sites is 6. The number of aromatic nitrogens is 3. The van der Waals surface area contributed by atoms with Crippen molar-refractivity contribution in [3.05, 3.63) is 187 Å². The summed E-state index contributed by atoms with van der Waals surface area (Å²) in [6, 6.07) is 57.5. The number of nitrogens with zero attached hydrogens (tertiary/aromatic N) is 3. The van der Waals surface area contributed by atoms with Gasteiger partial charge in [-0.05, 0) is 63.2 Å². The van der Waals surface area contributed by atoms with Crippen LogP contribution in [0.3, 0.4) is 0 Å². The third-order valence-electron chi connectivity index (χ3n) is 10.4. The Morgan fingerprint density at radius 2 is 1.18 bits per heavy atom. The molecule has 51 heavy (non-hydrogen) atoms. The summed E-state index contributed by atoms with van der Waals surface area (Å²) < 4.78 is 65.3. The minimum atomic E-state index is -3.52. The fourth-order valence-electron chi connectivity index (χ4n) is 8.18. The molecule has 0 spiro atoms. The van der Waals surface area contributed by atoms with Gasteiger partial charge in [0.25, 0.3) is 0 Å². The predicted molar refractivity (Wildman–Crippen MR) is 212 cm³/mol. The number of rotatable bonds is 5. The lowest BCUT2D eigenvalue weighted by molar-refractivity contribution is 0.421. The third kappa shape index (κ3) is 4.22. The van der Waals surface area contributed by atoms with Gasteiger partial charge in [0.2, 0.25) is 5.78 Å². The molecule has 3 heterocycles. The van der Waals surface area contributed by atoms with Crippen LogP contribution < -0.4 is 25.5 Å². The van der Waals surface area contributed by atoms with Crippen LogP contribution in [0, 0.1) is 0 Å². The lowest BCUT2D eigenvalue weighted by atomic mass is 9.76. The Hall–Kier alpha value is -6.17. The maximum atomic E-state index is 9.01. The van der Waals surface area contributed by atoms with Gasteiger partial charge in [0, 0.05) is 30.5 Å². The Morgan fingerprint density at radius 1 is 0.569 bits per heavy atom. The summed E-state index contributed by atoms with van der Waals surface area (Å²) >= 11 is 0. The van der Waals surface area contributed by atoms with Crippen molar-refractivity contribution in [1.29, 1.82) is 0 Å². The molecule has 0 saturated heterocycles. The molecule has 7 aromatic carbocycles. The van der Waals surface area contributed by atoms with E-state index < -0.39 is 27.2 Å². The molecule has 5 heteroatoms. The topological polar surface area (TPSA) is 31.5 Å². The zero-order valence-corrected chi connectivity index (χ0v) is 28.5. The average Bonchev–Trinajstić information content (AvgIpc) is 3.75. The van der Waals surface area contributed by atoms with Crippen LogP contribution in [0.15, 0.2) is 176 Å². The lowest BCUT2D eigenvalue weighted by Crippen LogP contribution is -2.75. The van der Waals surface area contributed by atoms with E-state index in [1.807, 2.05) is 72.8 Å². The Balaban J connectivity index is 1.34. The molecule has 9 aromatic rings. The SMILES string of the molecule is [2H]C([2H])([2H])C1(C([2H])([2H])[2H])c2ccccc2Oc2c1cccc2[Si](c1ccccc1)(c1ccccc1)c1cccc(-n2c3ccccc3n3c4ccccc4nc23)c1. The minimum Gasteiger partial charge on any atom is -0.457 e. The van der Waals surface area contributed by atoms with Gasteiger partial charge in [-0.15, -0.1) is 0 Å². The zero-order valence-electron chi connectivity index (χ0n) is 33.5. The smallest absolute Gasteiger partial charge is 0.220 e. The highest BCUT2D eigenvalue weighted by Gasteiger charge is 2.46. The van der Waals surface area contributed by atoms with Gasteiger partial charge >= 0.3 is 0 Å². The minimum absolute atomic E-state index is 0.124. The molecule has 0 N–H and O–H groups in total. The van der Waals surface area contributed by atoms with Crippen LogP contribution in [-0.4, -0.2) is 22.0 Å². The predicted octanol–water partition coefficient (Wildman–Crippen LogP) is 8.24. The van der Waals surface area contributed by atoms with E-state index in [-0.39, 0.29) is 22.6 Å². The molecule has 10 rings (SSSR count). The van der Waals surface area contributed by atoms with E-state index in [0.717, 1.165) is 54.3 Å². The molecule has 0 bridgehead atoms. The quantitative estimate of drug-likeness (QED) is 0.136. The molecule has 2 aromatic heterocycles. The summed E-state index contributed by atoms with van der Waals surface area (Å²) in [5.41, 5.74) is 2.70. The summed E-state index contributed by atoms with van der Waals surface area (Å²) in [5.74, 6) is 1.26. The normalized spacial score (nSPS) is 15.8. The van der Waals surface area contributed by atoms with E-state index in [4.69, 9.17) is 17.9 Å². The van der Waals surface area contributed by atoms with Crippen molar-refractivity contribution in [1.82, 2.24) is 14.0 Å². The van der Waals surface area contributed by atoms with Gasteiger partial charge in [-0.25, -0.2) is 4.98 Å². The second-order valence-corrected chi connectivity index (χ2v) is 16.9. The highest BCUT2D eigenvalue weighted by atomic mass is 28.3. The van der Waals surface area contributed by atoms with E-state index in [1.165, 1.54) is 0 Å². The monoisotopic (exact) mass is 679 g/mol. The molecule has 0 aliphatic carbocycles. The van der Waals surface area contributed by atoms with Crippen molar-refractivity contribution in [2.45, 2.75) is 19.1 Å². The molecule has 4 nitrogen and oxygen atoms in total. The van der Waals surface area contributed by atoms with Gasteiger partial charge in [-0.1, -0.05) is 147 Å². The Morgan fingerprint density at radius 3 is 1.94 bits per heavy atom. The van der Waals surface area contributed by atoms with E-state index in [0.29, 0.717) is 0 Å². The van der Waals surface area contributed by atoms with Crippen molar-refractivity contribution < 1.29 is 13.0 Å². The number of fused-ring (bicyclic) bond motifs is 7. The van der Waals surface area contributed by atoms with Crippen molar-refractivity contribution in [3.63, 3.8) is 0 Å². The van der Waals surface area contributed by atoms with E-state index in [2.05, 4.69) is 75.7 Å². The van der Waals surface area contributed by atoms with E-state index in [9.17, 15) is 0 Å². The molecule has 0 unspecified atom stereocenters. The summed E-state index contributed by atoms with van der Waals surface area (Å²) in [5, 5.41) is 3.78. The number of imidazole rings is 2. The Bertz CT molecular complexity index is 2940. The van der Waals surface area contributed by atoms with Gasteiger partial charge in [0.15, 0.2) is 8.07 Å².